The number of amides is 1. The molecule has 1 aliphatic heterocycles. The zero-order valence-corrected chi connectivity index (χ0v) is 19.9. The Morgan fingerprint density at radius 2 is 2.18 bits per heavy atom. The van der Waals surface area contributed by atoms with E-state index in [1.807, 2.05) is 6.92 Å². The summed E-state index contributed by atoms with van der Waals surface area (Å²) in [4.78, 5) is 23.1. The zero-order chi connectivity index (χ0) is 24.3. The summed E-state index contributed by atoms with van der Waals surface area (Å²) >= 11 is 3.43. The number of piperidine rings is 1. The lowest BCUT2D eigenvalue weighted by molar-refractivity contribution is -0.137. The highest BCUT2D eigenvalue weighted by molar-refractivity contribution is 9.10. The van der Waals surface area contributed by atoms with Gasteiger partial charge in [-0.25, -0.2) is 14.8 Å². The number of aromatic amines is 1. The summed E-state index contributed by atoms with van der Waals surface area (Å²) in [6.07, 6.45) is -0.440. The first-order valence-corrected chi connectivity index (χ1v) is 11.7. The van der Waals surface area contributed by atoms with E-state index in [-0.39, 0.29) is 29.9 Å². The Bertz CT molecular complexity index is 1180. The Balaban J connectivity index is 1.71. The van der Waals surface area contributed by atoms with Crippen molar-refractivity contribution in [2.45, 2.75) is 38.4 Å². The van der Waals surface area contributed by atoms with Crippen LogP contribution in [0, 0.1) is 0 Å². The second kappa shape index (κ2) is 10.2. The SMILES string of the molecule is CCCOC(=O)Nc1ccc2c(-c3nc(N[C@H]4CCCNC4)ncc3C(F)(F)F)c[nH]c2c1Br. The molecule has 12 heteroatoms. The number of ether oxygens (including phenoxy) is 1. The molecule has 3 aromatic rings. The summed E-state index contributed by atoms with van der Waals surface area (Å²) < 4.78 is 47.0. The van der Waals surface area contributed by atoms with Gasteiger partial charge in [0.1, 0.15) is 5.56 Å². The quantitative estimate of drug-likeness (QED) is 0.327. The lowest BCUT2D eigenvalue weighted by atomic mass is 10.1. The molecule has 1 atom stereocenters. The Morgan fingerprint density at radius 1 is 1.35 bits per heavy atom. The van der Waals surface area contributed by atoms with Gasteiger partial charge in [0.2, 0.25) is 5.95 Å². The van der Waals surface area contributed by atoms with Crippen LogP contribution >= 0.6 is 15.9 Å². The molecule has 1 saturated heterocycles. The van der Waals surface area contributed by atoms with E-state index in [0.29, 0.717) is 34.0 Å². The average molecular weight is 541 g/mol. The molecule has 0 radical (unpaired) electrons. The number of H-pyrrole nitrogens is 1. The molecule has 34 heavy (non-hydrogen) atoms. The summed E-state index contributed by atoms with van der Waals surface area (Å²) in [6.45, 7) is 3.76. The number of nitrogens with one attached hydrogen (secondary N) is 4. The summed E-state index contributed by atoms with van der Waals surface area (Å²) in [7, 11) is 0. The molecular formula is C22H24BrF3N6O2. The lowest BCUT2D eigenvalue weighted by Crippen LogP contribution is -2.38. The molecule has 1 amide bonds. The van der Waals surface area contributed by atoms with Crippen LogP contribution in [0.3, 0.4) is 0 Å². The van der Waals surface area contributed by atoms with Gasteiger partial charge < -0.3 is 20.4 Å². The molecular weight excluding hydrogens is 517 g/mol. The van der Waals surface area contributed by atoms with Crippen molar-refractivity contribution >= 4 is 44.6 Å². The molecule has 4 rings (SSSR count). The Morgan fingerprint density at radius 3 is 2.88 bits per heavy atom. The van der Waals surface area contributed by atoms with Gasteiger partial charge in [0.05, 0.1) is 28.0 Å². The van der Waals surface area contributed by atoms with Crippen LogP contribution in [0.5, 0.6) is 0 Å². The lowest BCUT2D eigenvalue weighted by Gasteiger charge is -2.24. The number of halogens is 4. The highest BCUT2D eigenvalue weighted by atomic mass is 79.9. The molecule has 4 N–H and O–H groups in total. The molecule has 0 bridgehead atoms. The number of aromatic nitrogens is 3. The number of hydrogen-bond acceptors (Lipinski definition) is 6. The molecule has 8 nitrogen and oxygen atoms in total. The fourth-order valence-corrected chi connectivity index (χ4v) is 4.38. The van der Waals surface area contributed by atoms with E-state index in [0.717, 1.165) is 25.6 Å². The first-order valence-electron chi connectivity index (χ1n) is 10.9. The normalized spacial score (nSPS) is 16.4. The fraction of sp³-hybridized carbons (Fsp3) is 0.409. The third-order valence-corrected chi connectivity index (χ3v) is 6.27. The zero-order valence-electron chi connectivity index (χ0n) is 18.4. The molecule has 1 aromatic carbocycles. The van der Waals surface area contributed by atoms with Crippen LogP contribution in [0.15, 0.2) is 29.0 Å². The van der Waals surface area contributed by atoms with E-state index in [9.17, 15) is 18.0 Å². The minimum absolute atomic E-state index is 0.0385. The van der Waals surface area contributed by atoms with Crippen molar-refractivity contribution < 1.29 is 22.7 Å². The summed E-state index contributed by atoms with van der Waals surface area (Å²) in [5.41, 5.74) is 0.0569. The van der Waals surface area contributed by atoms with Crippen LogP contribution in [-0.4, -0.2) is 46.8 Å². The standard InChI is InChI=1S/C22H24BrF3N6O2/c1-2-8-34-21(33)31-16-6-5-13-14(10-28-19(13)17(16)23)18-15(22(24,25)26)11-29-20(32-18)30-12-4-3-7-27-9-12/h5-6,10-12,27-28H,2-4,7-9H2,1H3,(H,31,33)(H,29,30,32)/t12-/m0/s1. The predicted octanol–water partition coefficient (Wildman–Crippen LogP) is 5.53. The van der Waals surface area contributed by atoms with E-state index in [2.05, 4.69) is 46.8 Å². The van der Waals surface area contributed by atoms with Gasteiger partial charge in [0.15, 0.2) is 0 Å². The molecule has 0 saturated carbocycles. The summed E-state index contributed by atoms with van der Waals surface area (Å²) in [5, 5.41) is 9.52. The number of anilines is 2. The predicted molar refractivity (Wildman–Crippen MR) is 127 cm³/mol. The largest absolute Gasteiger partial charge is 0.449 e. The number of benzene rings is 1. The van der Waals surface area contributed by atoms with Crippen molar-refractivity contribution in [3.63, 3.8) is 0 Å². The van der Waals surface area contributed by atoms with Crippen LogP contribution in [0.25, 0.3) is 22.2 Å². The number of fused-ring (bicyclic) bond motifs is 1. The van der Waals surface area contributed by atoms with Crippen LogP contribution in [0.4, 0.5) is 29.6 Å². The second-order valence-corrected chi connectivity index (χ2v) is 8.75. The smallest absolute Gasteiger partial charge is 0.419 e. The van der Waals surface area contributed by atoms with E-state index in [1.54, 1.807) is 12.1 Å². The fourth-order valence-electron chi connectivity index (χ4n) is 3.82. The van der Waals surface area contributed by atoms with Gasteiger partial charge in [-0.05, 0) is 47.8 Å². The molecule has 0 unspecified atom stereocenters. The monoisotopic (exact) mass is 540 g/mol. The van der Waals surface area contributed by atoms with Gasteiger partial charge in [0.25, 0.3) is 0 Å². The maximum atomic E-state index is 13.8. The molecule has 0 aliphatic carbocycles. The number of carbonyl (C=O) groups excluding carboxylic acids is 1. The highest BCUT2D eigenvalue weighted by Crippen LogP contribution is 2.41. The van der Waals surface area contributed by atoms with Crippen molar-refractivity contribution in [3.8, 4) is 11.3 Å². The van der Waals surface area contributed by atoms with Crippen LogP contribution in [-0.2, 0) is 10.9 Å². The minimum atomic E-state index is -4.63. The Hall–Kier alpha value is -2.86. The molecule has 0 spiro atoms. The first-order chi connectivity index (χ1) is 16.3. The molecule has 2 aromatic heterocycles. The third kappa shape index (κ3) is 5.27. The van der Waals surface area contributed by atoms with Gasteiger partial charge in [-0.3, -0.25) is 5.32 Å². The molecule has 3 heterocycles. The van der Waals surface area contributed by atoms with Crippen molar-refractivity contribution in [2.24, 2.45) is 0 Å². The van der Waals surface area contributed by atoms with E-state index in [4.69, 9.17) is 4.74 Å². The topological polar surface area (TPSA) is 104 Å². The van der Waals surface area contributed by atoms with E-state index < -0.39 is 17.8 Å². The van der Waals surface area contributed by atoms with Crippen molar-refractivity contribution in [3.05, 3.63) is 34.6 Å². The minimum Gasteiger partial charge on any atom is -0.449 e. The maximum Gasteiger partial charge on any atom is 0.419 e. The van der Waals surface area contributed by atoms with Gasteiger partial charge >= 0.3 is 12.3 Å². The van der Waals surface area contributed by atoms with Gasteiger partial charge in [-0.2, -0.15) is 13.2 Å². The van der Waals surface area contributed by atoms with Gasteiger partial charge in [0, 0.05) is 35.9 Å². The summed E-state index contributed by atoms with van der Waals surface area (Å²) in [6, 6.07) is 3.26. The summed E-state index contributed by atoms with van der Waals surface area (Å²) in [5.74, 6) is 0.141. The Kier molecular flexibility index (Phi) is 7.27. The van der Waals surface area contributed by atoms with E-state index in [1.165, 1.54) is 6.20 Å². The van der Waals surface area contributed by atoms with Crippen LogP contribution < -0.4 is 16.0 Å². The number of alkyl halides is 3. The maximum absolute atomic E-state index is 13.8. The molecule has 1 fully saturated rings. The number of hydrogen-bond donors (Lipinski definition) is 4. The molecule has 182 valence electrons. The number of rotatable bonds is 6. The first kappa shape index (κ1) is 24.3. The number of carbonyl (C=O) groups is 1. The van der Waals surface area contributed by atoms with Crippen molar-refractivity contribution in [1.29, 1.82) is 0 Å². The number of nitrogens with zero attached hydrogens (tertiary/aromatic N) is 2. The van der Waals surface area contributed by atoms with Crippen molar-refractivity contribution in [2.75, 3.05) is 30.3 Å². The Labute approximate surface area is 202 Å². The van der Waals surface area contributed by atoms with Gasteiger partial charge in [-0.1, -0.05) is 13.0 Å². The van der Waals surface area contributed by atoms with E-state index >= 15 is 0 Å². The third-order valence-electron chi connectivity index (χ3n) is 5.45. The van der Waals surface area contributed by atoms with Gasteiger partial charge in [-0.15, -0.1) is 0 Å². The average Bonchev–Trinajstić information content (AvgIpc) is 3.24. The van der Waals surface area contributed by atoms with Crippen molar-refractivity contribution in [1.82, 2.24) is 20.3 Å². The van der Waals surface area contributed by atoms with Crippen LogP contribution in [0.1, 0.15) is 31.7 Å². The second-order valence-electron chi connectivity index (χ2n) is 7.95. The van der Waals surface area contributed by atoms with Crippen LogP contribution in [0.2, 0.25) is 0 Å². The molecule has 1 aliphatic rings. The highest BCUT2D eigenvalue weighted by Gasteiger charge is 2.36.